The van der Waals surface area contributed by atoms with Gasteiger partial charge in [-0.15, -0.1) is 0 Å². The average Bonchev–Trinajstić information content (AvgIpc) is 2.58. The van der Waals surface area contributed by atoms with E-state index in [0.29, 0.717) is 6.67 Å². The smallest absolute Gasteiger partial charge is 0.224 e. The lowest BCUT2D eigenvalue weighted by Crippen LogP contribution is -2.56. The maximum Gasteiger partial charge on any atom is 0.224 e. The fraction of sp³-hybridized carbons (Fsp3) is 0.889. The third kappa shape index (κ3) is 6.59. The van der Waals surface area contributed by atoms with Gasteiger partial charge in [0.05, 0.1) is 40.0 Å². The van der Waals surface area contributed by atoms with Crippen molar-refractivity contribution in [3.05, 3.63) is 0 Å². The molecule has 0 aromatic rings. The molecule has 1 aliphatic heterocycles. The first kappa shape index (κ1) is 21.2. The number of carbonyl (C=O) groups excluding carboxylic acids is 2. The first-order valence-corrected chi connectivity index (χ1v) is 9.63. The fourth-order valence-corrected chi connectivity index (χ4v) is 4.08. The Morgan fingerprint density at radius 1 is 0.846 bits per heavy atom. The molecule has 2 rings (SSSR count). The molecule has 1 saturated carbocycles. The summed E-state index contributed by atoms with van der Waals surface area (Å²) in [5, 5.41) is 6.34. The Morgan fingerprint density at radius 3 is 1.92 bits per heavy atom. The molecule has 2 N–H and O–H groups in total. The summed E-state index contributed by atoms with van der Waals surface area (Å²) in [6, 6.07) is 0. The van der Waals surface area contributed by atoms with Crippen LogP contribution >= 0.6 is 0 Å². The molecule has 1 saturated heterocycles. The third-order valence-electron chi connectivity index (χ3n) is 5.30. The van der Waals surface area contributed by atoms with E-state index in [9.17, 15) is 9.59 Å². The second kappa shape index (κ2) is 10.3. The predicted octanol–water partition coefficient (Wildman–Crippen LogP) is -0.0564. The second-order valence-corrected chi connectivity index (χ2v) is 7.99. The number of hydrogen-bond donors (Lipinski definition) is 2. The number of rotatable bonds is 6. The minimum atomic E-state index is 0.0534. The number of nitrogens with one attached hydrogen (secondary N) is 2. The first-order valence-electron chi connectivity index (χ1n) is 9.63. The van der Waals surface area contributed by atoms with Crippen molar-refractivity contribution < 1.29 is 9.59 Å². The van der Waals surface area contributed by atoms with E-state index in [4.69, 9.17) is 0 Å². The summed E-state index contributed by atoms with van der Waals surface area (Å²) >= 11 is 0. The van der Waals surface area contributed by atoms with Gasteiger partial charge in [-0.2, -0.15) is 0 Å². The second-order valence-electron chi connectivity index (χ2n) is 7.99. The van der Waals surface area contributed by atoms with Gasteiger partial charge in [-0.1, -0.05) is 0 Å². The SMILES string of the molecule is CNCN1CN(C)CN(C)CN(CNC(=O)C2CCC(C(C)=O)CC2)C1. The highest BCUT2D eigenvalue weighted by molar-refractivity contribution is 5.80. The van der Waals surface area contributed by atoms with Gasteiger partial charge in [0.15, 0.2) is 0 Å². The van der Waals surface area contributed by atoms with Crippen LogP contribution in [0.25, 0.3) is 0 Å². The molecule has 1 aliphatic carbocycles. The maximum atomic E-state index is 12.5. The van der Waals surface area contributed by atoms with Crippen molar-refractivity contribution >= 4 is 11.7 Å². The molecule has 0 atom stereocenters. The molecule has 1 heterocycles. The van der Waals surface area contributed by atoms with Crippen LogP contribution in [0.3, 0.4) is 0 Å². The van der Waals surface area contributed by atoms with Crippen LogP contribution in [0.5, 0.6) is 0 Å². The average molecular weight is 369 g/mol. The van der Waals surface area contributed by atoms with Crippen LogP contribution in [-0.4, -0.2) is 92.4 Å². The molecule has 0 aromatic carbocycles. The minimum Gasteiger partial charge on any atom is -0.343 e. The van der Waals surface area contributed by atoms with Gasteiger partial charge in [0, 0.05) is 11.8 Å². The molecule has 8 heteroatoms. The monoisotopic (exact) mass is 368 g/mol. The van der Waals surface area contributed by atoms with Gasteiger partial charge in [0.2, 0.25) is 5.91 Å². The summed E-state index contributed by atoms with van der Waals surface area (Å²) < 4.78 is 0. The van der Waals surface area contributed by atoms with Crippen molar-refractivity contribution in [1.29, 1.82) is 0 Å². The highest BCUT2D eigenvalue weighted by Gasteiger charge is 2.28. The summed E-state index contributed by atoms with van der Waals surface area (Å²) in [4.78, 5) is 33.1. The molecule has 0 aromatic heterocycles. The number of Topliss-reactive ketones (excluding diaryl/α,β-unsaturated/α-hetero) is 1. The number of carbonyl (C=O) groups is 2. The van der Waals surface area contributed by atoms with Crippen molar-refractivity contribution in [2.24, 2.45) is 11.8 Å². The van der Waals surface area contributed by atoms with E-state index < -0.39 is 0 Å². The summed E-state index contributed by atoms with van der Waals surface area (Å²) in [5.41, 5.74) is 0. The lowest BCUT2D eigenvalue weighted by molar-refractivity contribution is -0.129. The number of ketones is 1. The Hall–Kier alpha value is -1.06. The predicted molar refractivity (Wildman–Crippen MR) is 102 cm³/mol. The Balaban J connectivity index is 1.82. The standard InChI is InChI=1S/C18H36N6O2/c1-15(25)16-5-7-17(8-6-16)18(26)20-10-24-13-22(4)11-21(3)12-23(14-24)9-19-2/h16-17,19H,5-14H2,1-4H3,(H,20,26). The lowest BCUT2D eigenvalue weighted by atomic mass is 9.80. The zero-order chi connectivity index (χ0) is 19.1. The van der Waals surface area contributed by atoms with Gasteiger partial charge in [0.25, 0.3) is 0 Å². The van der Waals surface area contributed by atoms with Crippen LogP contribution in [0.15, 0.2) is 0 Å². The van der Waals surface area contributed by atoms with Crippen LogP contribution in [0.2, 0.25) is 0 Å². The zero-order valence-corrected chi connectivity index (χ0v) is 16.8. The molecule has 0 radical (unpaired) electrons. The largest absolute Gasteiger partial charge is 0.343 e. The Labute approximate surface area is 157 Å². The maximum absolute atomic E-state index is 12.5. The van der Waals surface area contributed by atoms with Gasteiger partial charge in [-0.3, -0.25) is 29.2 Å². The van der Waals surface area contributed by atoms with Gasteiger partial charge < -0.3 is 10.6 Å². The zero-order valence-electron chi connectivity index (χ0n) is 16.8. The van der Waals surface area contributed by atoms with Crippen LogP contribution in [0.4, 0.5) is 0 Å². The highest BCUT2D eigenvalue weighted by atomic mass is 16.2. The highest BCUT2D eigenvalue weighted by Crippen LogP contribution is 2.29. The molecule has 2 aliphatic rings. The van der Waals surface area contributed by atoms with Gasteiger partial charge >= 0.3 is 0 Å². The molecule has 8 nitrogen and oxygen atoms in total. The lowest BCUT2D eigenvalue weighted by Gasteiger charge is -2.39. The molecule has 0 unspecified atom stereocenters. The Kier molecular flexibility index (Phi) is 8.43. The summed E-state index contributed by atoms with van der Waals surface area (Å²) in [7, 11) is 6.17. The normalized spacial score (nSPS) is 27.7. The Morgan fingerprint density at radius 2 is 1.38 bits per heavy atom. The van der Waals surface area contributed by atoms with E-state index >= 15 is 0 Å². The van der Waals surface area contributed by atoms with Gasteiger partial charge in [-0.05, 0) is 53.8 Å². The molecule has 26 heavy (non-hydrogen) atoms. The summed E-state index contributed by atoms with van der Waals surface area (Å²) in [5.74, 6) is 0.614. The van der Waals surface area contributed by atoms with Crippen LogP contribution in [-0.2, 0) is 9.59 Å². The van der Waals surface area contributed by atoms with E-state index in [1.54, 1.807) is 6.92 Å². The van der Waals surface area contributed by atoms with Gasteiger partial charge in [0.1, 0.15) is 5.78 Å². The Bertz CT molecular complexity index is 467. The van der Waals surface area contributed by atoms with Crippen LogP contribution in [0, 0.1) is 11.8 Å². The van der Waals surface area contributed by atoms with E-state index in [2.05, 4.69) is 44.3 Å². The topological polar surface area (TPSA) is 71.2 Å². The summed E-state index contributed by atoms with van der Waals surface area (Å²) in [6.07, 6.45) is 3.35. The number of hydrogen-bond acceptors (Lipinski definition) is 7. The molecule has 2 fully saturated rings. The van der Waals surface area contributed by atoms with Crippen molar-refractivity contribution in [2.45, 2.75) is 32.6 Å². The quantitative estimate of drug-likeness (QED) is 0.681. The fourth-order valence-electron chi connectivity index (χ4n) is 4.08. The van der Waals surface area contributed by atoms with Crippen molar-refractivity contribution in [3.63, 3.8) is 0 Å². The van der Waals surface area contributed by atoms with E-state index in [1.165, 1.54) is 0 Å². The molecular formula is C18H36N6O2. The van der Waals surface area contributed by atoms with Crippen LogP contribution < -0.4 is 10.6 Å². The van der Waals surface area contributed by atoms with Crippen molar-refractivity contribution in [3.8, 4) is 0 Å². The molecular weight excluding hydrogens is 332 g/mol. The number of amides is 1. The third-order valence-corrected chi connectivity index (χ3v) is 5.30. The molecule has 0 spiro atoms. The molecule has 150 valence electrons. The minimum absolute atomic E-state index is 0.0534. The van der Waals surface area contributed by atoms with E-state index in [0.717, 1.165) is 59.0 Å². The van der Waals surface area contributed by atoms with E-state index in [1.807, 2.05) is 7.05 Å². The molecule has 1 amide bonds. The van der Waals surface area contributed by atoms with Crippen molar-refractivity contribution in [1.82, 2.24) is 30.2 Å². The van der Waals surface area contributed by atoms with Crippen molar-refractivity contribution in [2.75, 3.05) is 61.2 Å². The van der Waals surface area contributed by atoms with Gasteiger partial charge in [-0.25, -0.2) is 0 Å². The number of nitrogens with zero attached hydrogens (tertiary/aromatic N) is 4. The van der Waals surface area contributed by atoms with E-state index in [-0.39, 0.29) is 23.5 Å². The first-order chi connectivity index (χ1) is 12.4. The summed E-state index contributed by atoms with van der Waals surface area (Å²) in [6.45, 7) is 6.41. The van der Waals surface area contributed by atoms with Crippen LogP contribution in [0.1, 0.15) is 32.6 Å². The molecule has 0 bridgehead atoms.